The van der Waals surface area contributed by atoms with E-state index in [0.29, 0.717) is 24.2 Å². The summed E-state index contributed by atoms with van der Waals surface area (Å²) in [5, 5.41) is 15.1. The summed E-state index contributed by atoms with van der Waals surface area (Å²) in [6.45, 7) is 5.15. The van der Waals surface area contributed by atoms with Crippen molar-refractivity contribution in [2.75, 3.05) is 0 Å². The zero-order valence-corrected chi connectivity index (χ0v) is 10.1. The number of carbonyl (C=O) groups is 1. The van der Waals surface area contributed by atoms with Crippen molar-refractivity contribution in [3.63, 3.8) is 0 Å². The summed E-state index contributed by atoms with van der Waals surface area (Å²) >= 11 is 0. The third-order valence-electron chi connectivity index (χ3n) is 2.68. The Morgan fingerprint density at radius 2 is 2.12 bits per heavy atom. The fourth-order valence-electron chi connectivity index (χ4n) is 1.73. The van der Waals surface area contributed by atoms with Gasteiger partial charge in [-0.2, -0.15) is 5.10 Å². The Balaban J connectivity index is 3.42. The number of aryl methyl sites for hydroxylation is 1. The zero-order chi connectivity index (χ0) is 13.2. The van der Waals surface area contributed by atoms with E-state index in [1.54, 1.807) is 20.8 Å². The van der Waals surface area contributed by atoms with Crippen molar-refractivity contribution in [2.45, 2.75) is 39.7 Å². The summed E-state index contributed by atoms with van der Waals surface area (Å²) in [5.41, 5.74) is 6.03. The minimum absolute atomic E-state index is 0.00287. The molecule has 94 valence electrons. The van der Waals surface area contributed by atoms with Crippen LogP contribution in [0.15, 0.2) is 0 Å². The number of nitro groups is 1. The second-order valence-electron chi connectivity index (χ2n) is 3.73. The molecule has 0 bridgehead atoms. The first-order chi connectivity index (χ1) is 7.93. The van der Waals surface area contributed by atoms with E-state index in [1.807, 2.05) is 0 Å². The molecule has 0 spiro atoms. The highest BCUT2D eigenvalue weighted by molar-refractivity contribution is 5.78. The number of nitrogens with two attached hydrogens (primary N) is 1. The van der Waals surface area contributed by atoms with Crippen LogP contribution in [0.3, 0.4) is 0 Å². The van der Waals surface area contributed by atoms with Gasteiger partial charge in [-0.05, 0) is 19.8 Å². The first kappa shape index (κ1) is 13.1. The summed E-state index contributed by atoms with van der Waals surface area (Å²) in [7, 11) is 0. The van der Waals surface area contributed by atoms with E-state index < -0.39 is 16.9 Å². The van der Waals surface area contributed by atoms with E-state index in [0.717, 1.165) is 0 Å². The zero-order valence-electron chi connectivity index (χ0n) is 10.1. The number of hydrogen-bond donors (Lipinski definition) is 1. The molecule has 1 heterocycles. The van der Waals surface area contributed by atoms with Crippen molar-refractivity contribution in [2.24, 2.45) is 5.73 Å². The Bertz CT molecular complexity index is 453. The Kier molecular flexibility index (Phi) is 3.82. The largest absolute Gasteiger partial charge is 0.368 e. The van der Waals surface area contributed by atoms with Crippen molar-refractivity contribution >= 4 is 11.6 Å². The van der Waals surface area contributed by atoms with Crippen LogP contribution in [0.5, 0.6) is 0 Å². The lowest BCUT2D eigenvalue weighted by Gasteiger charge is -2.10. The van der Waals surface area contributed by atoms with Crippen molar-refractivity contribution in [3.8, 4) is 0 Å². The van der Waals surface area contributed by atoms with Gasteiger partial charge in [-0.3, -0.25) is 14.9 Å². The molecule has 1 unspecified atom stereocenters. The van der Waals surface area contributed by atoms with Gasteiger partial charge in [-0.25, -0.2) is 4.68 Å². The summed E-state index contributed by atoms with van der Waals surface area (Å²) in [5.74, 6) is -0.556. The fraction of sp³-hybridized carbons (Fsp3) is 0.600. The monoisotopic (exact) mass is 240 g/mol. The van der Waals surface area contributed by atoms with Crippen molar-refractivity contribution in [1.82, 2.24) is 9.78 Å². The first-order valence-electron chi connectivity index (χ1n) is 5.47. The van der Waals surface area contributed by atoms with Crippen LogP contribution in [0.1, 0.15) is 38.2 Å². The molecule has 2 N–H and O–H groups in total. The van der Waals surface area contributed by atoms with Crippen LogP contribution in [0.2, 0.25) is 0 Å². The predicted octanol–water partition coefficient (Wildman–Crippen LogP) is 0.962. The van der Waals surface area contributed by atoms with E-state index in [1.165, 1.54) is 4.68 Å². The van der Waals surface area contributed by atoms with Crippen LogP contribution < -0.4 is 5.73 Å². The average Bonchev–Trinajstić information content (AvgIpc) is 2.65. The van der Waals surface area contributed by atoms with Gasteiger partial charge in [0.2, 0.25) is 5.91 Å². The average molecular weight is 240 g/mol. The summed E-state index contributed by atoms with van der Waals surface area (Å²) in [6.07, 6.45) is 0.878. The second kappa shape index (κ2) is 4.94. The molecule has 7 heteroatoms. The molecule has 17 heavy (non-hydrogen) atoms. The number of aromatic nitrogens is 2. The van der Waals surface area contributed by atoms with Crippen LogP contribution in [0, 0.1) is 10.1 Å². The van der Waals surface area contributed by atoms with Crippen LogP contribution in [-0.4, -0.2) is 20.6 Å². The molecule has 1 atom stereocenters. The lowest BCUT2D eigenvalue weighted by molar-refractivity contribution is -0.386. The highest BCUT2D eigenvalue weighted by atomic mass is 16.6. The lowest BCUT2D eigenvalue weighted by atomic mass is 10.2. The Morgan fingerprint density at radius 1 is 1.53 bits per heavy atom. The van der Waals surface area contributed by atoms with Gasteiger partial charge in [-0.15, -0.1) is 0 Å². The highest BCUT2D eigenvalue weighted by Gasteiger charge is 2.28. The van der Waals surface area contributed by atoms with Gasteiger partial charge in [-0.1, -0.05) is 13.8 Å². The van der Waals surface area contributed by atoms with Crippen LogP contribution >= 0.6 is 0 Å². The van der Waals surface area contributed by atoms with E-state index in [4.69, 9.17) is 5.73 Å². The molecule has 0 aliphatic carbocycles. The van der Waals surface area contributed by atoms with Gasteiger partial charge in [0.1, 0.15) is 17.4 Å². The molecule has 0 fully saturated rings. The third kappa shape index (κ3) is 2.27. The highest BCUT2D eigenvalue weighted by Crippen LogP contribution is 2.26. The van der Waals surface area contributed by atoms with E-state index in [2.05, 4.69) is 5.10 Å². The number of amides is 1. The van der Waals surface area contributed by atoms with Gasteiger partial charge in [0.25, 0.3) is 0 Å². The topological polar surface area (TPSA) is 104 Å². The quantitative estimate of drug-likeness (QED) is 0.611. The minimum atomic E-state index is -0.677. The SMILES string of the molecule is CCc1nn(C(C)C(N)=O)c(CC)c1[N+](=O)[O-]. The fourth-order valence-corrected chi connectivity index (χ4v) is 1.73. The molecular weight excluding hydrogens is 224 g/mol. The molecule has 0 saturated heterocycles. The van der Waals surface area contributed by atoms with Gasteiger partial charge in [0, 0.05) is 0 Å². The molecule has 1 rings (SSSR count). The number of primary amides is 1. The molecule has 0 aliphatic heterocycles. The van der Waals surface area contributed by atoms with Gasteiger partial charge < -0.3 is 5.73 Å². The Hall–Kier alpha value is -1.92. The maximum Gasteiger partial charge on any atom is 0.313 e. The molecule has 0 radical (unpaired) electrons. The summed E-state index contributed by atoms with van der Waals surface area (Å²) < 4.78 is 1.36. The van der Waals surface area contributed by atoms with E-state index in [-0.39, 0.29) is 5.69 Å². The number of hydrogen-bond acceptors (Lipinski definition) is 4. The van der Waals surface area contributed by atoms with Gasteiger partial charge >= 0.3 is 5.69 Å². The van der Waals surface area contributed by atoms with Gasteiger partial charge in [0.05, 0.1) is 4.92 Å². The summed E-state index contributed by atoms with van der Waals surface area (Å²) in [4.78, 5) is 21.7. The maximum atomic E-state index is 11.1. The molecule has 0 aliphatic rings. The molecule has 1 aromatic heterocycles. The van der Waals surface area contributed by atoms with E-state index >= 15 is 0 Å². The normalized spacial score (nSPS) is 12.4. The molecule has 1 aromatic rings. The predicted molar refractivity (Wildman–Crippen MR) is 61.5 cm³/mol. The first-order valence-corrected chi connectivity index (χ1v) is 5.47. The summed E-state index contributed by atoms with van der Waals surface area (Å²) in [6, 6.07) is -0.677. The minimum Gasteiger partial charge on any atom is -0.368 e. The van der Waals surface area contributed by atoms with Gasteiger partial charge in [0.15, 0.2) is 0 Å². The van der Waals surface area contributed by atoms with Crippen LogP contribution in [0.4, 0.5) is 5.69 Å². The molecule has 7 nitrogen and oxygen atoms in total. The molecule has 0 saturated carbocycles. The molecule has 0 aromatic carbocycles. The van der Waals surface area contributed by atoms with Crippen molar-refractivity contribution in [3.05, 3.63) is 21.5 Å². The van der Waals surface area contributed by atoms with Crippen molar-refractivity contribution in [1.29, 1.82) is 0 Å². The smallest absolute Gasteiger partial charge is 0.313 e. The maximum absolute atomic E-state index is 11.1. The number of carbonyl (C=O) groups excluding carboxylic acids is 1. The van der Waals surface area contributed by atoms with Crippen LogP contribution in [-0.2, 0) is 17.6 Å². The van der Waals surface area contributed by atoms with Crippen LogP contribution in [0.25, 0.3) is 0 Å². The van der Waals surface area contributed by atoms with E-state index in [9.17, 15) is 14.9 Å². The Labute approximate surface area is 98.7 Å². The Morgan fingerprint density at radius 3 is 2.47 bits per heavy atom. The second-order valence-corrected chi connectivity index (χ2v) is 3.73. The standard InChI is InChI=1S/C10H16N4O3/c1-4-7-9(14(16)17)8(5-2)13(12-7)6(3)10(11)15/h6H,4-5H2,1-3H3,(H2,11,15). The number of nitrogens with zero attached hydrogens (tertiary/aromatic N) is 3. The molecule has 1 amide bonds. The molecular formula is C10H16N4O3. The van der Waals surface area contributed by atoms with Crippen molar-refractivity contribution < 1.29 is 9.72 Å². The lowest BCUT2D eigenvalue weighted by Crippen LogP contribution is -2.26. The third-order valence-corrected chi connectivity index (χ3v) is 2.68. The number of rotatable bonds is 5.